The van der Waals surface area contributed by atoms with Crippen LogP contribution in [0, 0.1) is 0 Å². The molecular formula is C20H23BrN2O. The Balaban J connectivity index is 1.58. The largest absolute Gasteiger partial charge is 0.372 e. The van der Waals surface area contributed by atoms with Crippen molar-refractivity contribution in [3.8, 4) is 0 Å². The van der Waals surface area contributed by atoms with Crippen LogP contribution in [0.1, 0.15) is 31.2 Å². The van der Waals surface area contributed by atoms with E-state index < -0.39 is 0 Å². The van der Waals surface area contributed by atoms with Gasteiger partial charge < -0.3 is 10.2 Å². The van der Waals surface area contributed by atoms with Crippen LogP contribution in [0.2, 0.25) is 0 Å². The van der Waals surface area contributed by atoms with Crippen molar-refractivity contribution in [2.24, 2.45) is 0 Å². The molecule has 1 aliphatic heterocycles. The number of nitrogens with zero attached hydrogens (tertiary/aromatic N) is 1. The zero-order chi connectivity index (χ0) is 16.8. The molecule has 1 saturated heterocycles. The van der Waals surface area contributed by atoms with Gasteiger partial charge in [-0.15, -0.1) is 0 Å². The van der Waals surface area contributed by atoms with Crippen LogP contribution in [-0.4, -0.2) is 19.0 Å². The van der Waals surface area contributed by atoms with Gasteiger partial charge in [-0.2, -0.15) is 0 Å². The van der Waals surface area contributed by atoms with Crippen molar-refractivity contribution in [1.29, 1.82) is 0 Å². The fourth-order valence-electron chi connectivity index (χ4n) is 3.12. The van der Waals surface area contributed by atoms with Crippen LogP contribution in [0.15, 0.2) is 53.0 Å². The van der Waals surface area contributed by atoms with Gasteiger partial charge in [-0.1, -0.05) is 40.9 Å². The van der Waals surface area contributed by atoms with Crippen molar-refractivity contribution in [3.05, 3.63) is 58.6 Å². The number of anilines is 2. The molecule has 0 spiro atoms. The molecule has 1 amide bonds. The molecule has 0 aromatic heterocycles. The van der Waals surface area contributed by atoms with Gasteiger partial charge in [-0.3, -0.25) is 4.79 Å². The molecule has 0 saturated carbocycles. The average Bonchev–Trinajstić information content (AvgIpc) is 2.85. The van der Waals surface area contributed by atoms with Crippen molar-refractivity contribution in [2.75, 3.05) is 23.3 Å². The molecule has 0 radical (unpaired) electrons. The molecule has 4 heteroatoms. The number of halogens is 1. The Morgan fingerprint density at radius 2 is 1.71 bits per heavy atom. The Bertz CT molecular complexity index is 676. The standard InChI is InChI=1S/C20H23BrN2O/c21-17-7-5-6-16(14-17)15-20(24)22-18-8-10-19(11-9-18)23-12-3-1-2-4-13-23/h5-11,14H,1-4,12-13,15H2,(H,22,24). The first-order valence-electron chi connectivity index (χ1n) is 8.60. The highest BCUT2D eigenvalue weighted by molar-refractivity contribution is 9.10. The summed E-state index contributed by atoms with van der Waals surface area (Å²) in [6.07, 6.45) is 5.59. The van der Waals surface area contributed by atoms with Crippen LogP contribution in [-0.2, 0) is 11.2 Å². The monoisotopic (exact) mass is 386 g/mol. The van der Waals surface area contributed by atoms with E-state index in [1.807, 2.05) is 36.4 Å². The van der Waals surface area contributed by atoms with Gasteiger partial charge in [0.25, 0.3) is 0 Å². The van der Waals surface area contributed by atoms with Crippen LogP contribution in [0.25, 0.3) is 0 Å². The number of hydrogen-bond acceptors (Lipinski definition) is 2. The van der Waals surface area contributed by atoms with E-state index >= 15 is 0 Å². The maximum atomic E-state index is 12.2. The van der Waals surface area contributed by atoms with Gasteiger partial charge in [0.2, 0.25) is 5.91 Å². The van der Waals surface area contributed by atoms with Crippen LogP contribution in [0.3, 0.4) is 0 Å². The molecule has 0 atom stereocenters. The van der Waals surface area contributed by atoms with Crippen molar-refractivity contribution >= 4 is 33.2 Å². The van der Waals surface area contributed by atoms with Gasteiger partial charge in [0.1, 0.15) is 0 Å². The van der Waals surface area contributed by atoms with Crippen LogP contribution >= 0.6 is 15.9 Å². The smallest absolute Gasteiger partial charge is 0.228 e. The number of carbonyl (C=O) groups excluding carboxylic acids is 1. The van der Waals surface area contributed by atoms with Gasteiger partial charge in [-0.05, 0) is 54.8 Å². The number of rotatable bonds is 4. The molecule has 0 unspecified atom stereocenters. The second-order valence-corrected chi connectivity index (χ2v) is 7.22. The summed E-state index contributed by atoms with van der Waals surface area (Å²) >= 11 is 3.43. The summed E-state index contributed by atoms with van der Waals surface area (Å²) in [5, 5.41) is 2.98. The Hall–Kier alpha value is -1.81. The molecule has 1 aliphatic rings. The van der Waals surface area contributed by atoms with Gasteiger partial charge in [-0.25, -0.2) is 0 Å². The van der Waals surface area contributed by atoms with Crippen molar-refractivity contribution in [1.82, 2.24) is 0 Å². The Kier molecular flexibility index (Phi) is 5.91. The Morgan fingerprint density at radius 1 is 1.00 bits per heavy atom. The molecule has 1 N–H and O–H groups in total. The minimum Gasteiger partial charge on any atom is -0.372 e. The summed E-state index contributed by atoms with van der Waals surface area (Å²) in [4.78, 5) is 14.6. The number of hydrogen-bond donors (Lipinski definition) is 1. The van der Waals surface area contributed by atoms with Crippen LogP contribution in [0.5, 0.6) is 0 Å². The maximum absolute atomic E-state index is 12.2. The molecule has 0 aliphatic carbocycles. The first kappa shape index (κ1) is 17.0. The SMILES string of the molecule is O=C(Cc1cccc(Br)c1)Nc1ccc(N2CCCCCC2)cc1. The first-order valence-corrected chi connectivity index (χ1v) is 9.39. The molecule has 1 heterocycles. The van der Waals surface area contributed by atoms with E-state index in [1.54, 1.807) is 0 Å². The average molecular weight is 387 g/mol. The lowest BCUT2D eigenvalue weighted by Crippen LogP contribution is -2.23. The van der Waals surface area contributed by atoms with Crippen molar-refractivity contribution < 1.29 is 4.79 Å². The molecule has 0 bridgehead atoms. The van der Waals surface area contributed by atoms with E-state index in [4.69, 9.17) is 0 Å². The van der Waals surface area contributed by atoms with Crippen molar-refractivity contribution in [2.45, 2.75) is 32.1 Å². The lowest BCUT2D eigenvalue weighted by molar-refractivity contribution is -0.115. The third-order valence-electron chi connectivity index (χ3n) is 4.38. The molecule has 2 aromatic rings. The highest BCUT2D eigenvalue weighted by Gasteiger charge is 2.10. The third kappa shape index (κ3) is 4.84. The summed E-state index contributed by atoms with van der Waals surface area (Å²) in [5.41, 5.74) is 3.11. The minimum atomic E-state index is 0.00984. The highest BCUT2D eigenvalue weighted by atomic mass is 79.9. The van der Waals surface area contributed by atoms with E-state index in [9.17, 15) is 4.79 Å². The molecule has 24 heavy (non-hydrogen) atoms. The molecule has 3 nitrogen and oxygen atoms in total. The summed E-state index contributed by atoms with van der Waals surface area (Å²) in [6.45, 7) is 2.27. The second kappa shape index (κ2) is 8.34. The first-order chi connectivity index (χ1) is 11.7. The lowest BCUT2D eigenvalue weighted by Gasteiger charge is -2.22. The van der Waals surface area contributed by atoms with E-state index in [-0.39, 0.29) is 5.91 Å². The number of carbonyl (C=O) groups is 1. The summed E-state index contributed by atoms with van der Waals surface area (Å²) in [6, 6.07) is 16.1. The van der Waals surface area contributed by atoms with Gasteiger partial charge >= 0.3 is 0 Å². The summed E-state index contributed by atoms with van der Waals surface area (Å²) in [5.74, 6) is 0.00984. The predicted octanol–water partition coefficient (Wildman–Crippen LogP) is 5.01. The zero-order valence-electron chi connectivity index (χ0n) is 13.8. The highest BCUT2D eigenvalue weighted by Crippen LogP contribution is 2.22. The lowest BCUT2D eigenvalue weighted by atomic mass is 10.1. The van der Waals surface area contributed by atoms with Gasteiger partial charge in [0.15, 0.2) is 0 Å². The number of benzene rings is 2. The quantitative estimate of drug-likeness (QED) is 0.800. The van der Waals surface area contributed by atoms with E-state index in [0.717, 1.165) is 28.8 Å². The fourth-order valence-corrected chi connectivity index (χ4v) is 3.57. The predicted molar refractivity (Wildman–Crippen MR) is 104 cm³/mol. The minimum absolute atomic E-state index is 0.00984. The molecule has 126 valence electrons. The topological polar surface area (TPSA) is 32.3 Å². The molecule has 3 rings (SSSR count). The van der Waals surface area contributed by atoms with E-state index in [0.29, 0.717) is 6.42 Å². The summed E-state index contributed by atoms with van der Waals surface area (Å²) in [7, 11) is 0. The van der Waals surface area contributed by atoms with Crippen LogP contribution < -0.4 is 10.2 Å². The van der Waals surface area contributed by atoms with Crippen LogP contribution in [0.4, 0.5) is 11.4 Å². The van der Waals surface area contributed by atoms with Gasteiger partial charge in [0, 0.05) is 28.9 Å². The van der Waals surface area contributed by atoms with E-state index in [1.165, 1.54) is 31.4 Å². The summed E-state index contributed by atoms with van der Waals surface area (Å²) < 4.78 is 0.995. The molecule has 2 aromatic carbocycles. The third-order valence-corrected chi connectivity index (χ3v) is 4.87. The fraction of sp³-hybridized carbons (Fsp3) is 0.350. The number of amides is 1. The van der Waals surface area contributed by atoms with Crippen molar-refractivity contribution in [3.63, 3.8) is 0 Å². The molecular weight excluding hydrogens is 364 g/mol. The Labute approximate surface area is 152 Å². The molecule has 1 fully saturated rings. The van der Waals surface area contributed by atoms with E-state index in [2.05, 4.69) is 38.3 Å². The number of nitrogens with one attached hydrogen (secondary N) is 1. The van der Waals surface area contributed by atoms with Gasteiger partial charge in [0.05, 0.1) is 6.42 Å². The Morgan fingerprint density at radius 3 is 2.38 bits per heavy atom. The second-order valence-electron chi connectivity index (χ2n) is 6.30. The normalized spacial score (nSPS) is 15.0. The maximum Gasteiger partial charge on any atom is 0.228 e. The zero-order valence-corrected chi connectivity index (χ0v) is 15.4.